The highest BCUT2D eigenvalue weighted by atomic mass is 35.7. The monoisotopic (exact) mass is 318 g/mol. The fourth-order valence-electron chi connectivity index (χ4n) is 2.48. The molecule has 0 atom stereocenters. The van der Waals surface area contributed by atoms with Crippen molar-refractivity contribution < 1.29 is 13.2 Å². The van der Waals surface area contributed by atoms with E-state index in [1.54, 1.807) is 4.57 Å². The van der Waals surface area contributed by atoms with Gasteiger partial charge in [-0.05, 0) is 38.7 Å². The second kappa shape index (κ2) is 5.41. The standard InChI is InChI=1S/C13H19ClN2O3S/c1-8(2)16-7-11(20(14,18)19)6-12(16)13(17)15-10-4-9(3)5-10/h6-10H,4-5H2,1-3H3,(H,15,17). The van der Waals surface area contributed by atoms with E-state index in [0.717, 1.165) is 12.8 Å². The van der Waals surface area contributed by atoms with Gasteiger partial charge in [0.25, 0.3) is 15.0 Å². The Morgan fingerprint density at radius 2 is 2.05 bits per heavy atom. The summed E-state index contributed by atoms with van der Waals surface area (Å²) in [6.07, 6.45) is 3.34. The van der Waals surface area contributed by atoms with E-state index in [1.807, 2.05) is 13.8 Å². The van der Waals surface area contributed by atoms with Gasteiger partial charge in [0.2, 0.25) is 0 Å². The number of rotatable bonds is 4. The summed E-state index contributed by atoms with van der Waals surface area (Å²) in [5.41, 5.74) is 0.332. The quantitative estimate of drug-likeness (QED) is 0.867. The van der Waals surface area contributed by atoms with E-state index in [-0.39, 0.29) is 22.9 Å². The molecule has 20 heavy (non-hydrogen) atoms. The lowest BCUT2D eigenvalue weighted by Gasteiger charge is -2.33. The maximum absolute atomic E-state index is 12.3. The van der Waals surface area contributed by atoms with Gasteiger partial charge in [0.1, 0.15) is 10.6 Å². The molecule has 2 rings (SSSR count). The number of carbonyl (C=O) groups is 1. The molecule has 112 valence electrons. The van der Waals surface area contributed by atoms with Crippen molar-refractivity contribution in [3.05, 3.63) is 18.0 Å². The minimum Gasteiger partial charge on any atom is -0.348 e. The van der Waals surface area contributed by atoms with Crippen LogP contribution in [0, 0.1) is 5.92 Å². The molecule has 1 aliphatic rings. The highest BCUT2D eigenvalue weighted by Crippen LogP contribution is 2.27. The first-order valence-electron chi connectivity index (χ1n) is 6.66. The van der Waals surface area contributed by atoms with Crippen LogP contribution in [0.2, 0.25) is 0 Å². The van der Waals surface area contributed by atoms with Gasteiger partial charge in [-0.3, -0.25) is 4.79 Å². The first-order chi connectivity index (χ1) is 9.18. The molecule has 1 N–H and O–H groups in total. The molecule has 0 saturated heterocycles. The van der Waals surface area contributed by atoms with Crippen molar-refractivity contribution in [3.8, 4) is 0 Å². The topological polar surface area (TPSA) is 68.2 Å². The van der Waals surface area contributed by atoms with Crippen LogP contribution in [0.15, 0.2) is 17.2 Å². The molecule has 7 heteroatoms. The fourth-order valence-corrected chi connectivity index (χ4v) is 3.22. The number of hydrogen-bond donors (Lipinski definition) is 1. The maximum atomic E-state index is 12.3. The number of nitrogens with zero attached hydrogens (tertiary/aromatic N) is 1. The highest BCUT2D eigenvalue weighted by molar-refractivity contribution is 8.13. The van der Waals surface area contributed by atoms with Gasteiger partial charge in [0.05, 0.1) is 0 Å². The van der Waals surface area contributed by atoms with Crippen LogP contribution in [-0.2, 0) is 9.05 Å². The summed E-state index contributed by atoms with van der Waals surface area (Å²) in [5, 5.41) is 2.93. The van der Waals surface area contributed by atoms with Crippen molar-refractivity contribution in [2.45, 2.75) is 50.6 Å². The van der Waals surface area contributed by atoms with Crippen LogP contribution in [0.1, 0.15) is 50.1 Å². The number of aromatic nitrogens is 1. The van der Waals surface area contributed by atoms with Crippen molar-refractivity contribution in [2.75, 3.05) is 0 Å². The zero-order chi connectivity index (χ0) is 15.1. The van der Waals surface area contributed by atoms with Crippen molar-refractivity contribution in [2.24, 2.45) is 5.92 Å². The summed E-state index contributed by atoms with van der Waals surface area (Å²) in [6.45, 7) is 5.90. The molecular formula is C13H19ClN2O3S. The molecule has 1 fully saturated rings. The number of amides is 1. The van der Waals surface area contributed by atoms with Gasteiger partial charge in [0, 0.05) is 29.0 Å². The molecule has 1 aromatic heterocycles. The molecule has 1 heterocycles. The lowest BCUT2D eigenvalue weighted by atomic mass is 9.82. The molecule has 0 aromatic carbocycles. The van der Waals surface area contributed by atoms with Crippen LogP contribution in [-0.4, -0.2) is 24.9 Å². The van der Waals surface area contributed by atoms with Gasteiger partial charge in [-0.2, -0.15) is 0 Å². The molecule has 0 bridgehead atoms. The van der Waals surface area contributed by atoms with Crippen LogP contribution in [0.4, 0.5) is 0 Å². The third-order valence-electron chi connectivity index (χ3n) is 3.60. The number of nitrogens with one attached hydrogen (secondary N) is 1. The van der Waals surface area contributed by atoms with Crippen LogP contribution >= 0.6 is 10.7 Å². The second-order valence-electron chi connectivity index (χ2n) is 5.75. The Kier molecular flexibility index (Phi) is 4.16. The molecule has 1 saturated carbocycles. The van der Waals surface area contributed by atoms with E-state index in [1.165, 1.54) is 12.3 Å². The molecule has 0 spiro atoms. The maximum Gasteiger partial charge on any atom is 0.268 e. The minimum atomic E-state index is -3.83. The van der Waals surface area contributed by atoms with Crippen LogP contribution in [0.25, 0.3) is 0 Å². The summed E-state index contributed by atoms with van der Waals surface area (Å²) in [6, 6.07) is 1.49. The van der Waals surface area contributed by atoms with Crippen molar-refractivity contribution in [1.82, 2.24) is 9.88 Å². The zero-order valence-corrected chi connectivity index (χ0v) is 13.3. The summed E-state index contributed by atoms with van der Waals surface area (Å²) in [4.78, 5) is 12.2. The summed E-state index contributed by atoms with van der Waals surface area (Å²) >= 11 is 0. The van der Waals surface area contributed by atoms with Crippen LogP contribution in [0.5, 0.6) is 0 Å². The van der Waals surface area contributed by atoms with E-state index in [2.05, 4.69) is 12.2 Å². The highest BCUT2D eigenvalue weighted by Gasteiger charge is 2.29. The van der Waals surface area contributed by atoms with E-state index in [9.17, 15) is 13.2 Å². The van der Waals surface area contributed by atoms with Crippen molar-refractivity contribution in [1.29, 1.82) is 0 Å². The predicted molar refractivity (Wildman–Crippen MR) is 77.5 cm³/mol. The Labute approximate surface area is 123 Å². The Morgan fingerprint density at radius 1 is 1.45 bits per heavy atom. The summed E-state index contributed by atoms with van der Waals surface area (Å²) in [7, 11) is 1.51. The first-order valence-corrected chi connectivity index (χ1v) is 8.96. The molecule has 0 aliphatic heterocycles. The van der Waals surface area contributed by atoms with E-state index in [4.69, 9.17) is 10.7 Å². The third kappa shape index (κ3) is 3.17. The van der Waals surface area contributed by atoms with E-state index >= 15 is 0 Å². The lowest BCUT2D eigenvalue weighted by Crippen LogP contribution is -2.44. The molecular weight excluding hydrogens is 300 g/mol. The summed E-state index contributed by atoms with van der Waals surface area (Å²) < 4.78 is 24.4. The fraction of sp³-hybridized carbons (Fsp3) is 0.615. The molecule has 1 aromatic rings. The number of halogens is 1. The molecule has 5 nitrogen and oxygen atoms in total. The Bertz CT molecular complexity index is 616. The molecule has 0 unspecified atom stereocenters. The molecule has 0 radical (unpaired) electrons. The Balaban J connectivity index is 2.25. The van der Waals surface area contributed by atoms with E-state index < -0.39 is 9.05 Å². The van der Waals surface area contributed by atoms with Gasteiger partial charge in [-0.15, -0.1) is 0 Å². The normalized spacial score (nSPS) is 22.6. The number of carbonyl (C=O) groups excluding carboxylic acids is 1. The molecule has 1 amide bonds. The largest absolute Gasteiger partial charge is 0.348 e. The van der Waals surface area contributed by atoms with Gasteiger partial charge < -0.3 is 9.88 Å². The van der Waals surface area contributed by atoms with Gasteiger partial charge in [-0.1, -0.05) is 6.92 Å². The third-order valence-corrected chi connectivity index (χ3v) is 4.92. The minimum absolute atomic E-state index is 0.0248. The van der Waals surface area contributed by atoms with Gasteiger partial charge >= 0.3 is 0 Å². The SMILES string of the molecule is CC1CC(NC(=O)c2cc(S(=O)(=O)Cl)cn2C(C)C)C1. The first kappa shape index (κ1) is 15.4. The van der Waals surface area contributed by atoms with Crippen LogP contribution < -0.4 is 5.32 Å². The Hall–Kier alpha value is -1.01. The van der Waals surface area contributed by atoms with Crippen molar-refractivity contribution >= 4 is 25.6 Å². The van der Waals surface area contributed by atoms with Gasteiger partial charge in [0.15, 0.2) is 0 Å². The average molecular weight is 319 g/mol. The predicted octanol–water partition coefficient (Wildman–Crippen LogP) is 2.52. The second-order valence-corrected chi connectivity index (χ2v) is 8.31. The number of hydrogen-bond acceptors (Lipinski definition) is 3. The van der Waals surface area contributed by atoms with Crippen molar-refractivity contribution in [3.63, 3.8) is 0 Å². The van der Waals surface area contributed by atoms with Gasteiger partial charge in [-0.25, -0.2) is 8.42 Å². The summed E-state index contributed by atoms with van der Waals surface area (Å²) in [5.74, 6) is 0.387. The zero-order valence-electron chi connectivity index (χ0n) is 11.8. The van der Waals surface area contributed by atoms with E-state index in [0.29, 0.717) is 11.6 Å². The average Bonchev–Trinajstić information content (AvgIpc) is 2.71. The van der Waals surface area contributed by atoms with Crippen LogP contribution in [0.3, 0.4) is 0 Å². The smallest absolute Gasteiger partial charge is 0.268 e. The Morgan fingerprint density at radius 3 is 2.50 bits per heavy atom. The molecule has 1 aliphatic carbocycles. The lowest BCUT2D eigenvalue weighted by molar-refractivity contribution is 0.0885.